The van der Waals surface area contributed by atoms with E-state index in [9.17, 15) is 9.18 Å². The second kappa shape index (κ2) is 8.16. The molecular weight excluding hydrogens is 417 g/mol. The third-order valence-corrected chi connectivity index (χ3v) is 6.22. The van der Waals surface area contributed by atoms with Crippen LogP contribution in [0.5, 0.6) is 0 Å². The maximum atomic E-state index is 13.6. The highest BCUT2D eigenvalue weighted by Gasteiger charge is 2.25. The molecule has 5 rings (SSSR count). The van der Waals surface area contributed by atoms with Crippen molar-refractivity contribution in [2.75, 3.05) is 26.2 Å². The Morgan fingerprint density at radius 2 is 2.00 bits per heavy atom. The van der Waals surface area contributed by atoms with Gasteiger partial charge in [0.25, 0.3) is 5.91 Å². The van der Waals surface area contributed by atoms with Crippen LogP contribution in [0.2, 0.25) is 0 Å². The fourth-order valence-corrected chi connectivity index (χ4v) is 4.46. The lowest BCUT2D eigenvalue weighted by Crippen LogP contribution is -2.48. The van der Waals surface area contributed by atoms with E-state index in [-0.39, 0.29) is 11.7 Å². The van der Waals surface area contributed by atoms with Crippen LogP contribution in [0, 0.1) is 12.7 Å². The summed E-state index contributed by atoms with van der Waals surface area (Å²) in [7, 11) is 0. The zero-order valence-electron chi connectivity index (χ0n) is 16.9. The van der Waals surface area contributed by atoms with Crippen LogP contribution in [0.25, 0.3) is 21.6 Å². The lowest BCUT2D eigenvalue weighted by Gasteiger charge is -2.34. The van der Waals surface area contributed by atoms with Gasteiger partial charge >= 0.3 is 0 Å². The highest BCUT2D eigenvalue weighted by Crippen LogP contribution is 2.23. The first-order chi connectivity index (χ1) is 15.1. The van der Waals surface area contributed by atoms with E-state index in [1.807, 2.05) is 29.3 Å². The molecule has 1 aliphatic rings. The van der Waals surface area contributed by atoms with E-state index in [0.29, 0.717) is 66.6 Å². The van der Waals surface area contributed by atoms with Gasteiger partial charge in [0, 0.05) is 43.3 Å². The number of fused-ring (bicyclic) bond motifs is 1. The average Bonchev–Trinajstić information content (AvgIpc) is 3.45. The van der Waals surface area contributed by atoms with Crippen molar-refractivity contribution in [1.82, 2.24) is 24.9 Å². The summed E-state index contributed by atoms with van der Waals surface area (Å²) in [5, 5.41) is 6.70. The number of thiophene rings is 1. The Labute approximate surface area is 182 Å². The van der Waals surface area contributed by atoms with E-state index >= 15 is 0 Å². The summed E-state index contributed by atoms with van der Waals surface area (Å²) in [4.78, 5) is 27.0. The van der Waals surface area contributed by atoms with E-state index in [1.54, 1.807) is 23.5 Å². The SMILES string of the molecule is Cc1cc(C(=O)N2CCN(Cc3nc(-c4cccs4)no3)CC2)c2ccc(F)cc2n1. The molecule has 0 saturated carbocycles. The van der Waals surface area contributed by atoms with Crippen molar-refractivity contribution in [2.24, 2.45) is 0 Å². The fraction of sp³-hybridized carbons (Fsp3) is 0.273. The summed E-state index contributed by atoms with van der Waals surface area (Å²) >= 11 is 1.57. The van der Waals surface area contributed by atoms with Crippen LogP contribution >= 0.6 is 11.3 Å². The number of carbonyl (C=O) groups excluding carboxylic acids is 1. The third kappa shape index (κ3) is 4.06. The number of nitrogens with zero attached hydrogens (tertiary/aromatic N) is 5. The van der Waals surface area contributed by atoms with Gasteiger partial charge in [-0.15, -0.1) is 11.3 Å². The zero-order valence-corrected chi connectivity index (χ0v) is 17.7. The Hall–Kier alpha value is -3.17. The van der Waals surface area contributed by atoms with Gasteiger partial charge in [0.2, 0.25) is 11.7 Å². The Morgan fingerprint density at radius 1 is 1.16 bits per heavy atom. The number of carbonyl (C=O) groups is 1. The van der Waals surface area contributed by atoms with Crippen molar-refractivity contribution in [3.05, 3.63) is 64.7 Å². The minimum Gasteiger partial charge on any atom is -0.338 e. The van der Waals surface area contributed by atoms with E-state index < -0.39 is 0 Å². The molecule has 1 amide bonds. The first kappa shape index (κ1) is 19.8. The number of pyridine rings is 1. The smallest absolute Gasteiger partial charge is 0.254 e. The van der Waals surface area contributed by atoms with Crippen molar-refractivity contribution >= 4 is 28.1 Å². The van der Waals surface area contributed by atoms with Crippen LogP contribution < -0.4 is 0 Å². The zero-order chi connectivity index (χ0) is 21.4. The molecule has 0 radical (unpaired) electrons. The minimum absolute atomic E-state index is 0.0560. The molecule has 4 heterocycles. The molecule has 0 spiro atoms. The highest BCUT2D eigenvalue weighted by atomic mass is 32.1. The van der Waals surface area contributed by atoms with Gasteiger partial charge in [0.15, 0.2) is 0 Å². The summed E-state index contributed by atoms with van der Waals surface area (Å²) in [6.45, 7) is 4.96. The number of aryl methyl sites for hydroxylation is 1. The monoisotopic (exact) mass is 437 g/mol. The van der Waals surface area contributed by atoms with Crippen LogP contribution in [-0.4, -0.2) is 57.0 Å². The molecule has 9 heteroatoms. The molecule has 1 fully saturated rings. The van der Waals surface area contributed by atoms with Crippen LogP contribution in [-0.2, 0) is 6.54 Å². The van der Waals surface area contributed by atoms with Gasteiger partial charge in [-0.1, -0.05) is 11.2 Å². The Bertz CT molecular complexity index is 1230. The predicted octanol–water partition coefficient (Wildman–Crippen LogP) is 3.75. The van der Waals surface area contributed by atoms with Crippen LogP contribution in [0.15, 0.2) is 46.3 Å². The molecule has 0 bridgehead atoms. The Kier molecular flexibility index (Phi) is 5.21. The number of aromatic nitrogens is 3. The number of benzene rings is 1. The summed E-state index contributed by atoms with van der Waals surface area (Å²) in [5.74, 6) is 0.761. The number of piperazine rings is 1. The molecule has 0 atom stereocenters. The second-order valence-corrected chi connectivity index (χ2v) is 8.48. The molecule has 158 valence electrons. The van der Waals surface area contributed by atoms with Gasteiger partial charge in [0.05, 0.1) is 22.5 Å². The standard InChI is InChI=1S/C22H20FN5O2S/c1-14-11-17(16-5-4-15(23)12-18(16)24-14)22(29)28-8-6-27(7-9-28)13-20-25-21(26-30-20)19-3-2-10-31-19/h2-5,10-12H,6-9,13H2,1H3. The largest absolute Gasteiger partial charge is 0.338 e. The van der Waals surface area contributed by atoms with Crippen molar-refractivity contribution in [3.63, 3.8) is 0 Å². The molecule has 4 aromatic rings. The maximum absolute atomic E-state index is 13.6. The molecule has 7 nitrogen and oxygen atoms in total. The summed E-state index contributed by atoms with van der Waals surface area (Å²) in [5.41, 5.74) is 1.76. The second-order valence-electron chi connectivity index (χ2n) is 7.53. The van der Waals surface area contributed by atoms with Crippen LogP contribution in [0.3, 0.4) is 0 Å². The first-order valence-corrected chi connectivity index (χ1v) is 10.9. The number of amides is 1. The van der Waals surface area contributed by atoms with Gasteiger partial charge in [0.1, 0.15) is 5.82 Å². The maximum Gasteiger partial charge on any atom is 0.254 e. The molecule has 1 aromatic carbocycles. The summed E-state index contributed by atoms with van der Waals surface area (Å²) in [6.07, 6.45) is 0. The molecule has 0 N–H and O–H groups in total. The van der Waals surface area contributed by atoms with Gasteiger partial charge in [-0.2, -0.15) is 4.98 Å². The molecule has 31 heavy (non-hydrogen) atoms. The molecule has 1 aliphatic heterocycles. The van der Waals surface area contributed by atoms with E-state index in [4.69, 9.17) is 4.52 Å². The van der Waals surface area contributed by atoms with Crippen molar-refractivity contribution in [1.29, 1.82) is 0 Å². The molecule has 1 saturated heterocycles. The topological polar surface area (TPSA) is 75.4 Å². The summed E-state index contributed by atoms with van der Waals surface area (Å²) < 4.78 is 19.0. The van der Waals surface area contributed by atoms with Crippen LogP contribution in [0.1, 0.15) is 21.9 Å². The number of halogens is 1. The average molecular weight is 438 g/mol. The number of rotatable bonds is 4. The lowest BCUT2D eigenvalue weighted by molar-refractivity contribution is 0.0617. The normalized spacial score (nSPS) is 15.0. The quantitative estimate of drug-likeness (QED) is 0.484. The molecule has 0 aliphatic carbocycles. The predicted molar refractivity (Wildman–Crippen MR) is 115 cm³/mol. The minimum atomic E-state index is -0.360. The van der Waals surface area contributed by atoms with E-state index in [1.165, 1.54) is 12.1 Å². The third-order valence-electron chi connectivity index (χ3n) is 5.36. The number of hydrogen-bond donors (Lipinski definition) is 0. The van der Waals surface area contributed by atoms with Crippen molar-refractivity contribution < 1.29 is 13.7 Å². The van der Waals surface area contributed by atoms with Crippen molar-refractivity contribution in [3.8, 4) is 10.7 Å². The Balaban J connectivity index is 1.26. The van der Waals surface area contributed by atoms with E-state index in [0.717, 1.165) is 4.88 Å². The number of hydrogen-bond acceptors (Lipinski definition) is 7. The highest BCUT2D eigenvalue weighted by molar-refractivity contribution is 7.13. The van der Waals surface area contributed by atoms with Crippen molar-refractivity contribution in [2.45, 2.75) is 13.5 Å². The molecule has 0 unspecified atom stereocenters. The first-order valence-electron chi connectivity index (χ1n) is 10.0. The molecular formula is C22H20FN5O2S. The van der Waals surface area contributed by atoms with Gasteiger partial charge in [-0.25, -0.2) is 4.39 Å². The van der Waals surface area contributed by atoms with Gasteiger partial charge < -0.3 is 9.42 Å². The molecule has 3 aromatic heterocycles. The van der Waals surface area contributed by atoms with Gasteiger partial charge in [-0.05, 0) is 36.6 Å². The Morgan fingerprint density at radius 3 is 2.77 bits per heavy atom. The fourth-order valence-electron chi connectivity index (χ4n) is 3.81. The summed E-state index contributed by atoms with van der Waals surface area (Å²) in [6, 6.07) is 10.1. The van der Waals surface area contributed by atoms with E-state index in [2.05, 4.69) is 20.0 Å². The van der Waals surface area contributed by atoms with Gasteiger partial charge in [-0.3, -0.25) is 14.7 Å². The lowest BCUT2D eigenvalue weighted by atomic mass is 10.1. The van der Waals surface area contributed by atoms with Crippen LogP contribution in [0.4, 0.5) is 4.39 Å².